The van der Waals surface area contributed by atoms with Gasteiger partial charge in [0.25, 0.3) is 0 Å². The summed E-state index contributed by atoms with van der Waals surface area (Å²) in [6.07, 6.45) is 0.567. The van der Waals surface area contributed by atoms with Gasteiger partial charge in [-0.1, -0.05) is 0 Å². The summed E-state index contributed by atoms with van der Waals surface area (Å²) in [6.45, 7) is 6.73. The van der Waals surface area contributed by atoms with Crippen molar-refractivity contribution in [3.63, 3.8) is 0 Å². The second-order valence-corrected chi connectivity index (χ2v) is 6.46. The largest absolute Gasteiger partial charge is 0.461 e. The summed E-state index contributed by atoms with van der Waals surface area (Å²) < 4.78 is 16.1. The number of methoxy groups -OCH3 is 1. The Morgan fingerprint density at radius 1 is 1.08 bits per heavy atom. The highest BCUT2D eigenvalue weighted by atomic mass is 16.5. The van der Waals surface area contributed by atoms with Gasteiger partial charge < -0.3 is 18.9 Å². The second kappa shape index (κ2) is 7.33. The fourth-order valence-electron chi connectivity index (χ4n) is 3.13. The van der Waals surface area contributed by atoms with E-state index in [4.69, 9.17) is 13.6 Å². The summed E-state index contributed by atoms with van der Waals surface area (Å²) >= 11 is 0. The molecule has 0 aliphatic rings. The number of carbonyl (C=O) groups is 1. The van der Waals surface area contributed by atoms with Gasteiger partial charge in [-0.05, 0) is 44.4 Å². The summed E-state index contributed by atoms with van der Waals surface area (Å²) in [5.41, 5.74) is 3.27. The minimum absolute atomic E-state index is 0.113. The first-order valence-corrected chi connectivity index (χ1v) is 8.64. The van der Waals surface area contributed by atoms with Gasteiger partial charge in [0.15, 0.2) is 0 Å². The van der Waals surface area contributed by atoms with Gasteiger partial charge in [-0.15, -0.1) is 0 Å². The van der Waals surface area contributed by atoms with Crippen LogP contribution in [-0.2, 0) is 16.0 Å². The monoisotopic (exact) mass is 357 g/mol. The lowest BCUT2D eigenvalue weighted by Crippen LogP contribution is -2.27. The molecule has 0 fully saturated rings. The van der Waals surface area contributed by atoms with Gasteiger partial charge in [-0.2, -0.15) is 0 Å². The quantitative estimate of drug-likeness (QED) is 0.541. The minimum atomic E-state index is -0.404. The van der Waals surface area contributed by atoms with Gasteiger partial charge in [-0.25, -0.2) is 4.79 Å². The Kier molecular flexibility index (Phi) is 5.13. The minimum Gasteiger partial charge on any atom is -0.461 e. The van der Waals surface area contributed by atoms with Gasteiger partial charge in [0.2, 0.25) is 5.91 Å². The molecular weight excluding hydrogens is 334 g/mol. The van der Waals surface area contributed by atoms with Crippen LogP contribution in [-0.4, -0.2) is 26.2 Å². The van der Waals surface area contributed by atoms with Crippen molar-refractivity contribution in [2.75, 3.05) is 20.3 Å². The first-order chi connectivity index (χ1) is 12.4. The lowest BCUT2D eigenvalue weighted by Gasteiger charge is -2.08. The van der Waals surface area contributed by atoms with Crippen LogP contribution in [0.5, 0.6) is 0 Å². The van der Waals surface area contributed by atoms with E-state index in [0.29, 0.717) is 36.3 Å². The molecule has 1 N–H and O–H groups in total. The standard InChI is InChI=1S/C20H23NO5/c1-11-13(3)25-17-10-18-16(9-15(11)17)12(2)14(20(23)26-18)5-6-19(22)21-7-8-24-4/h9-10H,5-8H2,1-4H3,(H,21,22). The van der Waals surface area contributed by atoms with E-state index < -0.39 is 5.63 Å². The van der Waals surface area contributed by atoms with E-state index in [1.54, 1.807) is 13.2 Å². The van der Waals surface area contributed by atoms with E-state index in [9.17, 15) is 9.59 Å². The van der Waals surface area contributed by atoms with Crippen LogP contribution in [0.3, 0.4) is 0 Å². The number of fused-ring (bicyclic) bond motifs is 2. The van der Waals surface area contributed by atoms with Crippen LogP contribution in [0.15, 0.2) is 25.8 Å². The molecule has 1 aromatic carbocycles. The van der Waals surface area contributed by atoms with Crippen molar-refractivity contribution in [3.8, 4) is 0 Å². The molecule has 26 heavy (non-hydrogen) atoms. The van der Waals surface area contributed by atoms with Crippen molar-refractivity contribution in [3.05, 3.63) is 45.0 Å². The predicted molar refractivity (Wildman–Crippen MR) is 99.7 cm³/mol. The van der Waals surface area contributed by atoms with Crippen LogP contribution in [0.2, 0.25) is 0 Å². The Morgan fingerprint density at radius 2 is 1.77 bits per heavy atom. The number of hydrogen-bond donors (Lipinski definition) is 1. The van der Waals surface area contributed by atoms with Crippen LogP contribution in [0.1, 0.15) is 28.9 Å². The van der Waals surface area contributed by atoms with Crippen LogP contribution >= 0.6 is 0 Å². The summed E-state index contributed by atoms with van der Waals surface area (Å²) in [5.74, 6) is 0.737. The molecule has 0 unspecified atom stereocenters. The predicted octanol–water partition coefficient (Wildman–Crippen LogP) is 3.16. The van der Waals surface area contributed by atoms with Gasteiger partial charge in [0, 0.05) is 42.5 Å². The lowest BCUT2D eigenvalue weighted by molar-refractivity contribution is -0.121. The van der Waals surface area contributed by atoms with Crippen LogP contribution in [0.25, 0.3) is 21.9 Å². The normalized spacial score (nSPS) is 11.4. The highest BCUT2D eigenvalue weighted by Crippen LogP contribution is 2.31. The molecule has 138 valence electrons. The van der Waals surface area contributed by atoms with Crippen molar-refractivity contribution < 1.29 is 18.4 Å². The zero-order chi connectivity index (χ0) is 18.8. The lowest BCUT2D eigenvalue weighted by atomic mass is 10.0. The number of hydrogen-bond acceptors (Lipinski definition) is 5. The maximum absolute atomic E-state index is 12.4. The fraction of sp³-hybridized carbons (Fsp3) is 0.400. The molecule has 6 heteroatoms. The molecule has 0 aliphatic heterocycles. The third-order valence-corrected chi connectivity index (χ3v) is 4.81. The topological polar surface area (TPSA) is 81.7 Å². The molecule has 0 atom stereocenters. The van der Waals surface area contributed by atoms with Crippen molar-refractivity contribution in [2.24, 2.45) is 0 Å². The Morgan fingerprint density at radius 3 is 2.50 bits per heavy atom. The molecule has 6 nitrogen and oxygen atoms in total. The van der Waals surface area contributed by atoms with Crippen LogP contribution < -0.4 is 10.9 Å². The molecule has 3 rings (SSSR count). The number of amides is 1. The Bertz CT molecular complexity index is 1030. The van der Waals surface area contributed by atoms with E-state index >= 15 is 0 Å². The summed E-state index contributed by atoms with van der Waals surface area (Å²) in [5, 5.41) is 4.64. The molecule has 1 amide bonds. The summed E-state index contributed by atoms with van der Waals surface area (Å²) in [4.78, 5) is 24.3. The molecule has 0 bridgehead atoms. The van der Waals surface area contributed by atoms with E-state index in [1.807, 2.05) is 26.8 Å². The van der Waals surface area contributed by atoms with E-state index in [1.165, 1.54) is 0 Å². The first kappa shape index (κ1) is 18.2. The van der Waals surface area contributed by atoms with Crippen molar-refractivity contribution in [1.29, 1.82) is 0 Å². The summed E-state index contributed by atoms with van der Waals surface area (Å²) in [6, 6.07) is 3.76. The van der Waals surface area contributed by atoms with Gasteiger partial charge in [-0.3, -0.25) is 4.79 Å². The molecule has 0 saturated carbocycles. The molecule has 0 spiro atoms. The number of ether oxygens (including phenoxy) is 1. The van der Waals surface area contributed by atoms with E-state index in [2.05, 4.69) is 5.32 Å². The van der Waals surface area contributed by atoms with Gasteiger partial charge >= 0.3 is 5.63 Å². The smallest absolute Gasteiger partial charge is 0.339 e. The first-order valence-electron chi connectivity index (χ1n) is 8.64. The zero-order valence-electron chi connectivity index (χ0n) is 15.5. The Hall–Kier alpha value is -2.60. The van der Waals surface area contributed by atoms with Crippen LogP contribution in [0, 0.1) is 20.8 Å². The maximum atomic E-state index is 12.4. The summed E-state index contributed by atoms with van der Waals surface area (Å²) in [7, 11) is 1.58. The van der Waals surface area contributed by atoms with Crippen LogP contribution in [0.4, 0.5) is 0 Å². The number of nitrogens with one attached hydrogen (secondary N) is 1. The number of benzene rings is 1. The SMILES string of the molecule is COCCNC(=O)CCc1c(C)c2cc3c(C)c(C)oc3cc2oc1=O. The van der Waals surface area contributed by atoms with Gasteiger partial charge in [0.05, 0.1) is 6.61 Å². The highest BCUT2D eigenvalue weighted by Gasteiger charge is 2.16. The highest BCUT2D eigenvalue weighted by molar-refractivity contribution is 5.96. The average molecular weight is 357 g/mol. The Balaban J connectivity index is 1.93. The van der Waals surface area contributed by atoms with Gasteiger partial charge in [0.1, 0.15) is 16.9 Å². The van der Waals surface area contributed by atoms with Crippen molar-refractivity contribution >= 4 is 27.8 Å². The average Bonchev–Trinajstić information content (AvgIpc) is 2.87. The number of rotatable bonds is 6. The molecule has 2 aromatic heterocycles. The number of aryl methyl sites for hydroxylation is 3. The number of furan rings is 1. The second-order valence-electron chi connectivity index (χ2n) is 6.46. The zero-order valence-corrected chi connectivity index (χ0v) is 15.5. The van der Waals surface area contributed by atoms with E-state index in [-0.39, 0.29) is 12.3 Å². The molecule has 0 saturated heterocycles. The molecule has 3 aromatic rings. The third kappa shape index (κ3) is 3.37. The Labute approximate surface area is 151 Å². The van der Waals surface area contributed by atoms with Crippen molar-refractivity contribution in [2.45, 2.75) is 33.6 Å². The van der Waals surface area contributed by atoms with Crippen molar-refractivity contribution in [1.82, 2.24) is 5.32 Å². The fourth-order valence-corrected chi connectivity index (χ4v) is 3.13. The number of carbonyl (C=O) groups excluding carboxylic acids is 1. The van der Waals surface area contributed by atoms with E-state index in [0.717, 1.165) is 27.7 Å². The third-order valence-electron chi connectivity index (χ3n) is 4.81. The maximum Gasteiger partial charge on any atom is 0.339 e. The molecule has 0 aliphatic carbocycles. The molecule has 0 radical (unpaired) electrons. The molecule has 2 heterocycles. The molecular formula is C20H23NO5.